The van der Waals surface area contributed by atoms with Crippen molar-refractivity contribution in [3.8, 4) is 0 Å². The van der Waals surface area contributed by atoms with Crippen molar-refractivity contribution in [1.82, 2.24) is 5.32 Å². The van der Waals surface area contributed by atoms with Crippen LogP contribution in [0.25, 0.3) is 0 Å². The van der Waals surface area contributed by atoms with Gasteiger partial charge < -0.3 is 16.2 Å². The van der Waals surface area contributed by atoms with E-state index in [0.717, 1.165) is 5.56 Å². The van der Waals surface area contributed by atoms with Gasteiger partial charge in [-0.1, -0.05) is 18.2 Å². The van der Waals surface area contributed by atoms with E-state index < -0.39 is 17.9 Å². The Bertz CT molecular complexity index is 460. The van der Waals surface area contributed by atoms with Gasteiger partial charge in [-0.15, -0.1) is 0 Å². The first-order chi connectivity index (χ1) is 8.97. The summed E-state index contributed by atoms with van der Waals surface area (Å²) < 4.78 is 0. The molecule has 1 amide bonds. The maximum absolute atomic E-state index is 12.1. The molecule has 4 N–H and O–H groups in total. The van der Waals surface area contributed by atoms with Crippen molar-refractivity contribution < 1.29 is 14.7 Å². The molecule has 19 heavy (non-hydrogen) atoms. The van der Waals surface area contributed by atoms with Gasteiger partial charge in [0.05, 0.1) is 5.92 Å². The lowest BCUT2D eigenvalue weighted by atomic mass is 10.0. The van der Waals surface area contributed by atoms with Crippen molar-refractivity contribution in [2.24, 2.45) is 11.7 Å². The zero-order chi connectivity index (χ0) is 14.4. The lowest BCUT2D eigenvalue weighted by Crippen LogP contribution is -2.40. The molecule has 5 nitrogen and oxygen atoms in total. The number of amides is 1. The van der Waals surface area contributed by atoms with Gasteiger partial charge in [0.1, 0.15) is 0 Å². The largest absolute Gasteiger partial charge is 0.481 e. The second kappa shape index (κ2) is 6.89. The van der Waals surface area contributed by atoms with Crippen molar-refractivity contribution in [1.29, 1.82) is 0 Å². The van der Waals surface area contributed by atoms with Crippen molar-refractivity contribution in [3.05, 3.63) is 35.4 Å². The van der Waals surface area contributed by atoms with E-state index >= 15 is 0 Å². The van der Waals surface area contributed by atoms with Crippen LogP contribution in [0.3, 0.4) is 0 Å². The summed E-state index contributed by atoms with van der Waals surface area (Å²) in [6.07, 6.45) is 0.618. The van der Waals surface area contributed by atoms with Crippen LogP contribution in [-0.2, 0) is 11.2 Å². The number of nitrogens with two attached hydrogens (primary N) is 1. The van der Waals surface area contributed by atoms with Gasteiger partial charge in [0.25, 0.3) is 5.91 Å². The van der Waals surface area contributed by atoms with Crippen LogP contribution in [0.5, 0.6) is 0 Å². The van der Waals surface area contributed by atoms with Crippen LogP contribution in [0, 0.1) is 5.92 Å². The quantitative estimate of drug-likeness (QED) is 0.715. The number of nitrogens with one attached hydrogen (secondary N) is 1. The van der Waals surface area contributed by atoms with Crippen LogP contribution in [-0.4, -0.2) is 29.6 Å². The summed E-state index contributed by atoms with van der Waals surface area (Å²) in [7, 11) is 0. The van der Waals surface area contributed by atoms with Crippen LogP contribution >= 0.6 is 0 Å². The molecule has 0 aliphatic rings. The first kappa shape index (κ1) is 15.2. The number of hydrogen-bond acceptors (Lipinski definition) is 3. The number of benzene rings is 1. The molecule has 0 aliphatic heterocycles. The Hall–Kier alpha value is -1.88. The molecule has 0 bridgehead atoms. The number of rotatable bonds is 6. The molecule has 0 aliphatic carbocycles. The predicted octanol–water partition coefficient (Wildman–Crippen LogP) is 1.03. The molecule has 0 aromatic heterocycles. The fourth-order valence-corrected chi connectivity index (χ4v) is 1.74. The van der Waals surface area contributed by atoms with E-state index in [1.54, 1.807) is 26.0 Å². The Morgan fingerprint density at radius 1 is 1.32 bits per heavy atom. The Morgan fingerprint density at radius 2 is 1.95 bits per heavy atom. The minimum absolute atomic E-state index is 0.260. The maximum Gasteiger partial charge on any atom is 0.308 e. The van der Waals surface area contributed by atoms with E-state index in [1.165, 1.54) is 0 Å². The van der Waals surface area contributed by atoms with E-state index in [4.69, 9.17) is 10.8 Å². The van der Waals surface area contributed by atoms with Gasteiger partial charge in [0.15, 0.2) is 0 Å². The molecule has 2 unspecified atom stereocenters. The average molecular weight is 264 g/mol. The number of carbonyl (C=O) groups excluding carboxylic acids is 1. The highest BCUT2D eigenvalue weighted by Gasteiger charge is 2.22. The van der Waals surface area contributed by atoms with Crippen molar-refractivity contribution in [2.75, 3.05) is 6.54 Å². The molecular formula is C14H20N2O3. The normalized spacial score (nSPS) is 13.6. The third-order valence-electron chi connectivity index (χ3n) is 3.17. The van der Waals surface area contributed by atoms with Crippen LogP contribution in [0.15, 0.2) is 24.3 Å². The van der Waals surface area contributed by atoms with Gasteiger partial charge in [0.2, 0.25) is 0 Å². The first-order valence-corrected chi connectivity index (χ1v) is 6.29. The zero-order valence-electron chi connectivity index (χ0n) is 11.2. The van der Waals surface area contributed by atoms with Crippen molar-refractivity contribution >= 4 is 11.9 Å². The third-order valence-corrected chi connectivity index (χ3v) is 3.17. The third kappa shape index (κ3) is 4.06. The molecular weight excluding hydrogens is 244 g/mol. The lowest BCUT2D eigenvalue weighted by molar-refractivity contribution is -0.141. The summed E-state index contributed by atoms with van der Waals surface area (Å²) in [5.74, 6) is -1.82. The minimum Gasteiger partial charge on any atom is -0.481 e. The molecule has 0 spiro atoms. The maximum atomic E-state index is 12.1. The summed E-state index contributed by atoms with van der Waals surface area (Å²) in [5.41, 5.74) is 6.94. The average Bonchev–Trinajstić information content (AvgIpc) is 2.38. The summed E-state index contributed by atoms with van der Waals surface area (Å²) >= 11 is 0. The molecule has 1 aromatic rings. The van der Waals surface area contributed by atoms with E-state index in [-0.39, 0.29) is 5.91 Å². The summed E-state index contributed by atoms with van der Waals surface area (Å²) in [6.45, 7) is 3.71. The molecule has 1 aromatic carbocycles. The molecule has 5 heteroatoms. The second-order valence-corrected chi connectivity index (χ2v) is 4.58. The first-order valence-electron chi connectivity index (χ1n) is 6.29. The van der Waals surface area contributed by atoms with E-state index in [2.05, 4.69) is 5.32 Å². The number of hydrogen-bond donors (Lipinski definition) is 3. The molecule has 0 saturated heterocycles. The topological polar surface area (TPSA) is 92.4 Å². The van der Waals surface area contributed by atoms with Crippen LogP contribution in [0.4, 0.5) is 0 Å². The standard InChI is InChI=1S/C14H20N2O3/c1-9(14(18)19)10(2)16-13(17)12-6-4-3-5-11(12)7-8-15/h3-6,9-10H,7-8,15H2,1-2H3,(H,16,17)(H,18,19). The van der Waals surface area contributed by atoms with Crippen LogP contribution in [0.1, 0.15) is 29.8 Å². The highest BCUT2D eigenvalue weighted by Crippen LogP contribution is 2.11. The highest BCUT2D eigenvalue weighted by molar-refractivity contribution is 5.96. The molecule has 0 fully saturated rings. The fraction of sp³-hybridized carbons (Fsp3) is 0.429. The molecule has 1 rings (SSSR count). The van der Waals surface area contributed by atoms with Gasteiger partial charge in [-0.25, -0.2) is 0 Å². The smallest absolute Gasteiger partial charge is 0.308 e. The van der Waals surface area contributed by atoms with Crippen molar-refractivity contribution in [2.45, 2.75) is 26.3 Å². The summed E-state index contributed by atoms with van der Waals surface area (Å²) in [4.78, 5) is 23.0. The lowest BCUT2D eigenvalue weighted by Gasteiger charge is -2.18. The Labute approximate surface area is 112 Å². The van der Waals surface area contributed by atoms with E-state index in [1.807, 2.05) is 12.1 Å². The van der Waals surface area contributed by atoms with E-state index in [0.29, 0.717) is 18.5 Å². The highest BCUT2D eigenvalue weighted by atomic mass is 16.4. The number of aliphatic carboxylic acids is 1. The monoisotopic (exact) mass is 264 g/mol. The molecule has 0 saturated carbocycles. The Balaban J connectivity index is 2.81. The molecule has 0 heterocycles. The molecule has 104 valence electrons. The van der Waals surface area contributed by atoms with Crippen molar-refractivity contribution in [3.63, 3.8) is 0 Å². The summed E-state index contributed by atoms with van der Waals surface area (Å²) in [6, 6.07) is 6.77. The summed E-state index contributed by atoms with van der Waals surface area (Å²) in [5, 5.41) is 11.6. The van der Waals surface area contributed by atoms with Gasteiger partial charge in [-0.05, 0) is 38.4 Å². The minimum atomic E-state index is -0.928. The van der Waals surface area contributed by atoms with Gasteiger partial charge in [-0.2, -0.15) is 0 Å². The molecule has 2 atom stereocenters. The predicted molar refractivity (Wildman–Crippen MR) is 72.9 cm³/mol. The van der Waals surface area contributed by atoms with Gasteiger partial charge in [-0.3, -0.25) is 9.59 Å². The van der Waals surface area contributed by atoms with Gasteiger partial charge >= 0.3 is 5.97 Å². The van der Waals surface area contributed by atoms with Gasteiger partial charge in [0, 0.05) is 11.6 Å². The Morgan fingerprint density at radius 3 is 2.53 bits per heavy atom. The number of carboxylic acid groups (broad SMARTS) is 1. The second-order valence-electron chi connectivity index (χ2n) is 4.58. The fourth-order valence-electron chi connectivity index (χ4n) is 1.74. The molecule has 0 radical (unpaired) electrons. The number of carbonyl (C=O) groups is 2. The Kier molecular flexibility index (Phi) is 5.51. The van der Waals surface area contributed by atoms with Crippen LogP contribution < -0.4 is 11.1 Å². The van der Waals surface area contributed by atoms with Crippen LogP contribution in [0.2, 0.25) is 0 Å². The SMILES string of the molecule is CC(NC(=O)c1ccccc1CCN)C(C)C(=O)O. The number of carboxylic acids is 1. The zero-order valence-corrected chi connectivity index (χ0v) is 11.2. The van der Waals surface area contributed by atoms with E-state index in [9.17, 15) is 9.59 Å².